The average Bonchev–Trinajstić information content (AvgIpc) is 2.37. The highest BCUT2D eigenvalue weighted by Gasteiger charge is 2.02. The summed E-state index contributed by atoms with van der Waals surface area (Å²) in [5.74, 6) is -0.366. The number of carbonyl (C=O) groups excluding carboxylic acids is 2. The van der Waals surface area contributed by atoms with E-state index in [1.165, 1.54) is 0 Å². The Bertz CT molecular complexity index is 185. The third-order valence-electron chi connectivity index (χ3n) is 1.85. The lowest BCUT2D eigenvalue weighted by Gasteiger charge is -2.04. The Kier molecular flexibility index (Phi) is 17.0. The monoisotopic (exact) mass is 261 g/mol. The van der Waals surface area contributed by atoms with Crippen molar-refractivity contribution < 1.29 is 19.1 Å². The number of carbonyl (C=O) groups is 2. The zero-order chi connectivity index (χ0) is 14.2. The molecule has 5 heteroatoms. The minimum Gasteiger partial charge on any atom is -0.466 e. The predicted molar refractivity (Wildman–Crippen MR) is 71.3 cm³/mol. The number of esters is 2. The van der Waals surface area contributed by atoms with Crippen molar-refractivity contribution >= 4 is 11.9 Å². The van der Waals surface area contributed by atoms with E-state index in [2.05, 4.69) is 5.32 Å². The molecule has 0 unspecified atom stereocenters. The molecule has 0 aliphatic rings. The van der Waals surface area contributed by atoms with E-state index in [1.807, 2.05) is 13.8 Å². The summed E-state index contributed by atoms with van der Waals surface area (Å²) in [6, 6.07) is 0. The molecule has 0 aromatic heterocycles. The van der Waals surface area contributed by atoms with E-state index in [0.29, 0.717) is 39.1 Å². The summed E-state index contributed by atoms with van der Waals surface area (Å²) in [4.78, 5) is 21.9. The van der Waals surface area contributed by atoms with Gasteiger partial charge in [-0.1, -0.05) is 13.8 Å². The van der Waals surface area contributed by atoms with Crippen LogP contribution in [0.4, 0.5) is 0 Å². The molecule has 0 spiro atoms. The molecule has 1 N–H and O–H groups in total. The van der Waals surface area contributed by atoms with E-state index < -0.39 is 0 Å². The fourth-order valence-electron chi connectivity index (χ4n) is 1.14. The Morgan fingerprint density at radius 2 is 1.39 bits per heavy atom. The first-order chi connectivity index (χ1) is 8.70. The molecule has 0 atom stereocenters. The maximum Gasteiger partial charge on any atom is 0.307 e. The van der Waals surface area contributed by atoms with Gasteiger partial charge in [0.1, 0.15) is 0 Å². The standard InChI is InChI=1S/C11H21NO4.C2H6/c1-3-15-10(13)6-5-8-12-9-7-11(14)16-4-2;1-2/h12H,3-9H2,1-2H3;1-2H3. The SMILES string of the molecule is CC.CCOC(=O)CCCNCCC(=O)OCC. The molecule has 0 fully saturated rings. The highest BCUT2D eigenvalue weighted by atomic mass is 16.5. The lowest BCUT2D eigenvalue weighted by molar-refractivity contribution is -0.144. The van der Waals surface area contributed by atoms with Gasteiger partial charge in [0.2, 0.25) is 0 Å². The van der Waals surface area contributed by atoms with Gasteiger partial charge in [0.25, 0.3) is 0 Å². The van der Waals surface area contributed by atoms with Gasteiger partial charge in [0.15, 0.2) is 0 Å². The van der Waals surface area contributed by atoms with Crippen LogP contribution in [0.15, 0.2) is 0 Å². The first-order valence-electron chi connectivity index (χ1n) is 6.72. The van der Waals surface area contributed by atoms with Crippen LogP contribution in [0.25, 0.3) is 0 Å². The highest BCUT2D eigenvalue weighted by Crippen LogP contribution is 1.91. The smallest absolute Gasteiger partial charge is 0.307 e. The molecule has 0 aromatic rings. The van der Waals surface area contributed by atoms with Crippen LogP contribution >= 0.6 is 0 Å². The Hall–Kier alpha value is -1.10. The summed E-state index contributed by atoms with van der Waals surface area (Å²) < 4.78 is 9.54. The van der Waals surface area contributed by atoms with Gasteiger partial charge in [-0.25, -0.2) is 0 Å². The number of ether oxygens (including phenoxy) is 2. The van der Waals surface area contributed by atoms with Gasteiger partial charge in [-0.3, -0.25) is 9.59 Å². The minimum absolute atomic E-state index is 0.172. The van der Waals surface area contributed by atoms with E-state index in [0.717, 1.165) is 6.42 Å². The van der Waals surface area contributed by atoms with Crippen LogP contribution in [0, 0.1) is 0 Å². The van der Waals surface area contributed by atoms with Crippen molar-refractivity contribution in [2.75, 3.05) is 26.3 Å². The zero-order valence-electron chi connectivity index (χ0n) is 12.1. The Morgan fingerprint density at radius 3 is 1.89 bits per heavy atom. The molecule has 0 radical (unpaired) electrons. The summed E-state index contributed by atoms with van der Waals surface area (Å²) in [6.45, 7) is 9.71. The second-order valence-electron chi connectivity index (χ2n) is 3.21. The quantitative estimate of drug-likeness (QED) is 0.507. The van der Waals surface area contributed by atoms with Gasteiger partial charge in [0.05, 0.1) is 19.6 Å². The molecule has 0 aliphatic heterocycles. The fourth-order valence-corrected chi connectivity index (χ4v) is 1.14. The molecular formula is C13H27NO4. The first kappa shape index (κ1) is 19.2. The molecular weight excluding hydrogens is 234 g/mol. The second kappa shape index (κ2) is 15.9. The molecule has 0 aliphatic carbocycles. The molecule has 0 aromatic carbocycles. The first-order valence-corrected chi connectivity index (χ1v) is 6.72. The van der Waals surface area contributed by atoms with Crippen LogP contribution in [-0.4, -0.2) is 38.2 Å². The summed E-state index contributed by atoms with van der Waals surface area (Å²) in [5.41, 5.74) is 0. The van der Waals surface area contributed by atoms with Gasteiger partial charge < -0.3 is 14.8 Å². The molecule has 108 valence electrons. The maximum atomic E-state index is 10.9. The number of nitrogens with one attached hydrogen (secondary N) is 1. The Balaban J connectivity index is 0. The molecule has 5 nitrogen and oxygen atoms in total. The summed E-state index contributed by atoms with van der Waals surface area (Å²) in [5, 5.41) is 3.06. The van der Waals surface area contributed by atoms with Crippen LogP contribution < -0.4 is 5.32 Å². The third-order valence-corrected chi connectivity index (χ3v) is 1.85. The largest absolute Gasteiger partial charge is 0.466 e. The maximum absolute atomic E-state index is 10.9. The Labute approximate surface area is 110 Å². The van der Waals surface area contributed by atoms with E-state index >= 15 is 0 Å². The third kappa shape index (κ3) is 14.9. The van der Waals surface area contributed by atoms with Gasteiger partial charge in [-0.05, 0) is 26.8 Å². The summed E-state index contributed by atoms with van der Waals surface area (Å²) >= 11 is 0. The zero-order valence-corrected chi connectivity index (χ0v) is 12.1. The second-order valence-corrected chi connectivity index (χ2v) is 3.21. The van der Waals surface area contributed by atoms with Crippen molar-refractivity contribution in [2.24, 2.45) is 0 Å². The lowest BCUT2D eigenvalue weighted by atomic mass is 10.3. The Morgan fingerprint density at radius 1 is 0.889 bits per heavy atom. The number of hydrogen-bond acceptors (Lipinski definition) is 5. The molecule has 0 rings (SSSR count). The van der Waals surface area contributed by atoms with Gasteiger partial charge in [0, 0.05) is 13.0 Å². The van der Waals surface area contributed by atoms with Gasteiger partial charge >= 0.3 is 11.9 Å². The van der Waals surface area contributed by atoms with Crippen molar-refractivity contribution in [3.8, 4) is 0 Å². The molecule has 0 saturated heterocycles. The van der Waals surface area contributed by atoms with E-state index in [-0.39, 0.29) is 11.9 Å². The minimum atomic E-state index is -0.194. The number of hydrogen-bond donors (Lipinski definition) is 1. The lowest BCUT2D eigenvalue weighted by Crippen LogP contribution is -2.21. The van der Waals surface area contributed by atoms with Crippen molar-refractivity contribution in [1.29, 1.82) is 0 Å². The van der Waals surface area contributed by atoms with Crippen LogP contribution in [-0.2, 0) is 19.1 Å². The topological polar surface area (TPSA) is 64.6 Å². The van der Waals surface area contributed by atoms with Gasteiger partial charge in [-0.2, -0.15) is 0 Å². The van der Waals surface area contributed by atoms with Crippen LogP contribution in [0.1, 0.15) is 47.0 Å². The van der Waals surface area contributed by atoms with Crippen molar-refractivity contribution in [1.82, 2.24) is 5.32 Å². The van der Waals surface area contributed by atoms with E-state index in [4.69, 9.17) is 9.47 Å². The predicted octanol–water partition coefficient (Wildman–Crippen LogP) is 1.90. The van der Waals surface area contributed by atoms with Crippen LogP contribution in [0.3, 0.4) is 0 Å². The summed E-state index contributed by atoms with van der Waals surface area (Å²) in [6.07, 6.45) is 1.51. The summed E-state index contributed by atoms with van der Waals surface area (Å²) in [7, 11) is 0. The normalized spacial score (nSPS) is 9.11. The van der Waals surface area contributed by atoms with E-state index in [1.54, 1.807) is 13.8 Å². The van der Waals surface area contributed by atoms with Crippen LogP contribution in [0.5, 0.6) is 0 Å². The van der Waals surface area contributed by atoms with Gasteiger partial charge in [-0.15, -0.1) is 0 Å². The number of rotatable bonds is 9. The van der Waals surface area contributed by atoms with Crippen LogP contribution in [0.2, 0.25) is 0 Å². The highest BCUT2D eigenvalue weighted by molar-refractivity contribution is 5.69. The molecule has 0 amide bonds. The molecule has 0 bridgehead atoms. The van der Waals surface area contributed by atoms with Crippen molar-refractivity contribution in [3.63, 3.8) is 0 Å². The average molecular weight is 261 g/mol. The molecule has 18 heavy (non-hydrogen) atoms. The van der Waals surface area contributed by atoms with Crippen molar-refractivity contribution in [2.45, 2.75) is 47.0 Å². The fraction of sp³-hybridized carbons (Fsp3) is 0.846. The molecule has 0 saturated carbocycles. The molecule has 0 heterocycles. The van der Waals surface area contributed by atoms with E-state index in [9.17, 15) is 9.59 Å². The van der Waals surface area contributed by atoms with Crippen molar-refractivity contribution in [3.05, 3.63) is 0 Å².